The zero-order valence-corrected chi connectivity index (χ0v) is 18.9. The van der Waals surface area contributed by atoms with Crippen molar-refractivity contribution >= 4 is 5.91 Å². The summed E-state index contributed by atoms with van der Waals surface area (Å²) < 4.78 is 38.5. The third-order valence-electron chi connectivity index (χ3n) is 5.24. The molecule has 0 radical (unpaired) electrons. The van der Waals surface area contributed by atoms with Gasteiger partial charge in [0.15, 0.2) is 18.1 Å². The van der Waals surface area contributed by atoms with E-state index in [9.17, 15) is 13.6 Å². The van der Waals surface area contributed by atoms with Crippen LogP contribution in [0.1, 0.15) is 50.2 Å². The molecule has 0 aromatic heterocycles. The molecule has 0 saturated heterocycles. The number of halogens is 2. The summed E-state index contributed by atoms with van der Waals surface area (Å²) in [6.45, 7) is 2.45. The van der Waals surface area contributed by atoms with E-state index >= 15 is 0 Å². The van der Waals surface area contributed by atoms with Crippen molar-refractivity contribution in [2.24, 2.45) is 0 Å². The predicted octanol–water partition coefficient (Wildman–Crippen LogP) is 4.89. The Kier molecular flexibility index (Phi) is 10.9. The van der Waals surface area contributed by atoms with E-state index in [-0.39, 0.29) is 31.2 Å². The molecule has 0 saturated carbocycles. The van der Waals surface area contributed by atoms with Crippen LogP contribution in [0, 0.1) is 11.6 Å². The van der Waals surface area contributed by atoms with Crippen LogP contribution >= 0.6 is 0 Å². The third-order valence-corrected chi connectivity index (χ3v) is 5.24. The Morgan fingerprint density at radius 1 is 1.03 bits per heavy atom. The van der Waals surface area contributed by atoms with Crippen molar-refractivity contribution in [1.82, 2.24) is 4.90 Å². The van der Waals surface area contributed by atoms with Crippen molar-refractivity contribution in [2.45, 2.75) is 52.0 Å². The molecule has 0 aliphatic heterocycles. The van der Waals surface area contributed by atoms with Gasteiger partial charge >= 0.3 is 0 Å². The molecule has 176 valence electrons. The predicted molar refractivity (Wildman–Crippen MR) is 120 cm³/mol. The fourth-order valence-electron chi connectivity index (χ4n) is 3.40. The van der Waals surface area contributed by atoms with E-state index in [2.05, 4.69) is 6.92 Å². The molecule has 0 aliphatic rings. The monoisotopic (exact) mass is 449 g/mol. The molecule has 0 bridgehead atoms. The van der Waals surface area contributed by atoms with Crippen LogP contribution in [0.3, 0.4) is 0 Å². The quantitative estimate of drug-likeness (QED) is 0.418. The molecule has 0 fully saturated rings. The first-order valence-corrected chi connectivity index (χ1v) is 11.1. The first kappa shape index (κ1) is 25.6. The van der Waals surface area contributed by atoms with Gasteiger partial charge in [0.25, 0.3) is 5.91 Å². The topological polar surface area (TPSA) is 59.0 Å². The van der Waals surface area contributed by atoms with E-state index in [1.807, 2.05) is 0 Å². The lowest BCUT2D eigenvalue weighted by molar-refractivity contribution is -0.134. The maximum atomic E-state index is 14.2. The Hall–Kier alpha value is -2.67. The maximum Gasteiger partial charge on any atom is 0.260 e. The normalized spacial score (nSPS) is 10.8. The highest BCUT2D eigenvalue weighted by Gasteiger charge is 2.18. The number of amides is 1. The average molecular weight is 450 g/mol. The van der Waals surface area contributed by atoms with E-state index in [0.717, 1.165) is 43.7 Å². The van der Waals surface area contributed by atoms with Crippen molar-refractivity contribution in [3.8, 4) is 11.5 Å². The molecule has 2 rings (SSSR count). The molecule has 2 aromatic carbocycles. The molecule has 0 atom stereocenters. The summed E-state index contributed by atoms with van der Waals surface area (Å²) in [7, 11) is 1.51. The van der Waals surface area contributed by atoms with E-state index in [1.165, 1.54) is 19.2 Å². The zero-order chi connectivity index (χ0) is 23.3. The van der Waals surface area contributed by atoms with Crippen LogP contribution in [-0.2, 0) is 17.8 Å². The van der Waals surface area contributed by atoms with E-state index in [1.54, 1.807) is 23.1 Å². The van der Waals surface area contributed by atoms with Crippen LogP contribution < -0.4 is 9.47 Å². The van der Waals surface area contributed by atoms with Gasteiger partial charge < -0.3 is 19.5 Å². The number of carbonyl (C=O) groups is 1. The van der Waals surface area contributed by atoms with Crippen LogP contribution in [0.25, 0.3) is 0 Å². The van der Waals surface area contributed by atoms with Crippen molar-refractivity contribution in [2.75, 3.05) is 26.9 Å². The third kappa shape index (κ3) is 8.11. The zero-order valence-electron chi connectivity index (χ0n) is 18.9. The SMILES string of the molecule is CCCCCCCN(Cc1ccc(F)cc1F)C(=O)COc1ccc(CCO)cc1OC. The number of carbonyl (C=O) groups excluding carboxylic acids is 1. The minimum Gasteiger partial charge on any atom is -0.493 e. The summed E-state index contributed by atoms with van der Waals surface area (Å²) >= 11 is 0. The summed E-state index contributed by atoms with van der Waals surface area (Å²) in [5, 5.41) is 9.09. The molecule has 5 nitrogen and oxygen atoms in total. The largest absolute Gasteiger partial charge is 0.493 e. The van der Waals surface area contributed by atoms with Gasteiger partial charge in [-0.15, -0.1) is 0 Å². The van der Waals surface area contributed by atoms with Gasteiger partial charge in [0.05, 0.1) is 7.11 Å². The van der Waals surface area contributed by atoms with Crippen molar-refractivity contribution in [1.29, 1.82) is 0 Å². The number of rotatable bonds is 14. The summed E-state index contributed by atoms with van der Waals surface area (Å²) in [5.74, 6) is -0.719. The molecule has 0 heterocycles. The van der Waals surface area contributed by atoms with Crippen LogP contribution in [-0.4, -0.2) is 42.8 Å². The molecule has 0 unspecified atom stereocenters. The van der Waals surface area contributed by atoms with Gasteiger partial charge in [-0.2, -0.15) is 0 Å². The Balaban J connectivity index is 2.06. The Bertz CT molecular complexity index is 860. The smallest absolute Gasteiger partial charge is 0.260 e. The fraction of sp³-hybridized carbons (Fsp3) is 0.480. The van der Waals surface area contributed by atoms with Crippen molar-refractivity contribution in [3.05, 3.63) is 59.2 Å². The summed E-state index contributed by atoms with van der Waals surface area (Å²) in [4.78, 5) is 14.5. The Labute approximate surface area is 189 Å². The number of benzene rings is 2. The van der Waals surface area contributed by atoms with Crippen LogP contribution in [0.5, 0.6) is 11.5 Å². The lowest BCUT2D eigenvalue weighted by Gasteiger charge is -2.23. The lowest BCUT2D eigenvalue weighted by atomic mass is 10.1. The molecule has 0 spiro atoms. The molecule has 32 heavy (non-hydrogen) atoms. The van der Waals surface area contributed by atoms with Crippen LogP contribution in [0.4, 0.5) is 8.78 Å². The average Bonchev–Trinajstić information content (AvgIpc) is 2.78. The van der Waals surface area contributed by atoms with E-state index in [0.29, 0.717) is 24.5 Å². The molecule has 1 N–H and O–H groups in total. The van der Waals surface area contributed by atoms with E-state index < -0.39 is 11.6 Å². The number of hydrogen-bond donors (Lipinski definition) is 1. The molecule has 2 aromatic rings. The molecule has 1 amide bonds. The minimum atomic E-state index is -0.671. The van der Waals surface area contributed by atoms with Gasteiger partial charge in [0, 0.05) is 31.3 Å². The minimum absolute atomic E-state index is 0.0228. The standard InChI is InChI=1S/C25H33F2NO4/c1-3-4-5-6-7-13-28(17-20-9-10-21(26)16-22(20)27)25(30)18-32-23-11-8-19(12-14-29)15-24(23)31-2/h8-11,15-16,29H,3-7,12-14,17-18H2,1-2H3. The summed E-state index contributed by atoms with van der Waals surface area (Å²) in [6, 6.07) is 8.65. The second-order valence-electron chi connectivity index (χ2n) is 7.71. The highest BCUT2D eigenvalue weighted by molar-refractivity contribution is 5.78. The fourth-order valence-corrected chi connectivity index (χ4v) is 3.40. The summed E-state index contributed by atoms with van der Waals surface area (Å²) in [6.07, 6.45) is 5.60. The number of aliphatic hydroxyl groups excluding tert-OH is 1. The number of nitrogens with zero attached hydrogens (tertiary/aromatic N) is 1. The number of aliphatic hydroxyl groups is 1. The van der Waals surface area contributed by atoms with Gasteiger partial charge in [-0.25, -0.2) is 8.78 Å². The van der Waals surface area contributed by atoms with Gasteiger partial charge in [0.1, 0.15) is 11.6 Å². The molecular formula is C25H33F2NO4. The van der Waals surface area contributed by atoms with Gasteiger partial charge in [-0.05, 0) is 36.6 Å². The first-order chi connectivity index (χ1) is 15.5. The second-order valence-corrected chi connectivity index (χ2v) is 7.71. The van der Waals surface area contributed by atoms with Gasteiger partial charge in [-0.3, -0.25) is 4.79 Å². The highest BCUT2D eigenvalue weighted by Crippen LogP contribution is 2.28. The Morgan fingerprint density at radius 3 is 2.50 bits per heavy atom. The number of unbranched alkanes of at least 4 members (excludes halogenated alkanes) is 4. The molecule has 0 aliphatic carbocycles. The number of methoxy groups -OCH3 is 1. The van der Waals surface area contributed by atoms with E-state index in [4.69, 9.17) is 14.6 Å². The van der Waals surface area contributed by atoms with Crippen molar-refractivity contribution < 1.29 is 28.2 Å². The second kappa shape index (κ2) is 13.7. The molecular weight excluding hydrogens is 416 g/mol. The number of ether oxygens (including phenoxy) is 2. The Morgan fingerprint density at radius 2 is 1.81 bits per heavy atom. The van der Waals surface area contributed by atoms with Gasteiger partial charge in [-0.1, -0.05) is 44.7 Å². The lowest BCUT2D eigenvalue weighted by Crippen LogP contribution is -2.35. The maximum absolute atomic E-state index is 14.2. The summed E-state index contributed by atoms with van der Waals surface area (Å²) in [5.41, 5.74) is 1.16. The number of hydrogen-bond acceptors (Lipinski definition) is 4. The highest BCUT2D eigenvalue weighted by atomic mass is 19.1. The molecule has 7 heteroatoms. The van der Waals surface area contributed by atoms with Crippen LogP contribution in [0.2, 0.25) is 0 Å². The van der Waals surface area contributed by atoms with Crippen LogP contribution in [0.15, 0.2) is 36.4 Å². The van der Waals surface area contributed by atoms with Gasteiger partial charge in [0.2, 0.25) is 0 Å². The van der Waals surface area contributed by atoms with Crippen molar-refractivity contribution in [3.63, 3.8) is 0 Å². The first-order valence-electron chi connectivity index (χ1n) is 11.1.